The van der Waals surface area contributed by atoms with Crippen LogP contribution < -0.4 is 15.9 Å². The van der Waals surface area contributed by atoms with Crippen LogP contribution in [0.4, 0.5) is 13.6 Å². The van der Waals surface area contributed by atoms with E-state index in [2.05, 4.69) is 0 Å². The van der Waals surface area contributed by atoms with Crippen LogP contribution in [0.15, 0.2) is 24.3 Å². The average Bonchev–Trinajstić information content (AvgIpc) is 2.70. The van der Waals surface area contributed by atoms with Crippen LogP contribution in [-0.2, 0) is 9.31 Å². The fraction of sp³-hybridized carbons (Fsp3) is 0.353. The maximum absolute atomic E-state index is 14.5. The van der Waals surface area contributed by atoms with Gasteiger partial charge in [0.2, 0.25) is 0 Å². The van der Waals surface area contributed by atoms with Gasteiger partial charge < -0.3 is 19.8 Å². The summed E-state index contributed by atoms with van der Waals surface area (Å²) >= 11 is 0. The number of nitrogens with two attached hydrogens (primary N) is 1. The number of benzene rings is 2. The van der Waals surface area contributed by atoms with Crippen molar-refractivity contribution < 1.29 is 27.6 Å². The summed E-state index contributed by atoms with van der Waals surface area (Å²) in [4.78, 5) is 11.1. The Kier molecular flexibility index (Phi) is 4.00. The van der Waals surface area contributed by atoms with Crippen molar-refractivity contribution in [3.63, 3.8) is 0 Å². The van der Waals surface area contributed by atoms with Crippen molar-refractivity contribution in [1.29, 1.82) is 0 Å². The highest BCUT2D eigenvalue weighted by molar-refractivity contribution is 6.65. The SMILES string of the molecule is CC1(C)OB(c2cc(OC(N)=O)cc3ccc(F)c(F)c23)OC1(C)C. The third kappa shape index (κ3) is 2.96. The summed E-state index contributed by atoms with van der Waals surface area (Å²) in [7, 11) is -0.958. The zero-order valence-corrected chi connectivity index (χ0v) is 14.4. The van der Waals surface area contributed by atoms with E-state index in [1.54, 1.807) is 0 Å². The molecule has 2 N–H and O–H groups in total. The summed E-state index contributed by atoms with van der Waals surface area (Å²) in [6.07, 6.45) is -1.01. The highest BCUT2D eigenvalue weighted by atomic mass is 19.2. The van der Waals surface area contributed by atoms with Crippen LogP contribution in [0, 0.1) is 11.6 Å². The molecule has 0 spiro atoms. The summed E-state index contributed by atoms with van der Waals surface area (Å²) in [6.45, 7) is 7.37. The fourth-order valence-corrected chi connectivity index (χ4v) is 2.73. The second kappa shape index (κ2) is 5.67. The predicted octanol–water partition coefficient (Wildman–Crippen LogP) is 2.87. The molecule has 0 aliphatic carbocycles. The number of hydrogen-bond acceptors (Lipinski definition) is 4. The number of amides is 1. The summed E-state index contributed by atoms with van der Waals surface area (Å²) in [5.41, 5.74) is 3.94. The number of halogens is 2. The Morgan fingerprint density at radius 3 is 2.28 bits per heavy atom. The Morgan fingerprint density at radius 2 is 1.72 bits per heavy atom. The molecular formula is C17H18BF2NO4. The monoisotopic (exact) mass is 349 g/mol. The maximum atomic E-state index is 14.5. The van der Waals surface area contributed by atoms with E-state index in [9.17, 15) is 13.6 Å². The molecule has 0 saturated carbocycles. The predicted molar refractivity (Wildman–Crippen MR) is 89.8 cm³/mol. The highest BCUT2D eigenvalue weighted by Gasteiger charge is 2.52. The molecule has 0 bridgehead atoms. The normalized spacial score (nSPS) is 18.6. The Morgan fingerprint density at radius 1 is 1.12 bits per heavy atom. The van der Waals surface area contributed by atoms with Crippen LogP contribution in [0.5, 0.6) is 5.75 Å². The molecule has 1 amide bonds. The molecular weight excluding hydrogens is 331 g/mol. The minimum absolute atomic E-state index is 0.00956. The van der Waals surface area contributed by atoms with E-state index < -0.39 is 36.0 Å². The van der Waals surface area contributed by atoms with Crippen molar-refractivity contribution in [2.24, 2.45) is 5.73 Å². The number of primary amides is 1. The standard InChI is InChI=1S/C17H18BF2NO4/c1-16(2)17(3,4)25-18(24-16)11-8-10(23-15(21)22)7-9-5-6-12(19)14(20)13(9)11/h5-8H,1-4H3,(H2,21,22). The molecule has 1 aliphatic heterocycles. The Balaban J connectivity index is 2.21. The van der Waals surface area contributed by atoms with Crippen LogP contribution in [0.25, 0.3) is 10.8 Å². The van der Waals surface area contributed by atoms with E-state index in [0.717, 1.165) is 6.07 Å². The first-order chi connectivity index (χ1) is 11.5. The lowest BCUT2D eigenvalue weighted by Crippen LogP contribution is -2.41. The van der Waals surface area contributed by atoms with Gasteiger partial charge in [-0.3, -0.25) is 0 Å². The van der Waals surface area contributed by atoms with Crippen molar-refractivity contribution in [3.8, 4) is 5.75 Å². The lowest BCUT2D eigenvalue weighted by Gasteiger charge is -2.32. The molecule has 1 heterocycles. The van der Waals surface area contributed by atoms with E-state index in [0.29, 0.717) is 5.39 Å². The highest BCUT2D eigenvalue weighted by Crippen LogP contribution is 2.37. The average molecular weight is 349 g/mol. The number of carbonyl (C=O) groups excluding carboxylic acids is 1. The molecule has 1 saturated heterocycles. The van der Waals surface area contributed by atoms with Gasteiger partial charge in [0.15, 0.2) is 11.6 Å². The van der Waals surface area contributed by atoms with Crippen molar-refractivity contribution in [2.45, 2.75) is 38.9 Å². The van der Waals surface area contributed by atoms with Gasteiger partial charge in [0, 0.05) is 5.39 Å². The van der Waals surface area contributed by atoms with E-state index in [1.165, 1.54) is 18.2 Å². The number of rotatable bonds is 2. The first-order valence-corrected chi connectivity index (χ1v) is 7.76. The molecule has 2 aromatic rings. The number of carbonyl (C=O) groups is 1. The van der Waals surface area contributed by atoms with Crippen molar-refractivity contribution in [1.82, 2.24) is 0 Å². The van der Waals surface area contributed by atoms with E-state index in [-0.39, 0.29) is 16.6 Å². The van der Waals surface area contributed by atoms with Crippen molar-refractivity contribution in [3.05, 3.63) is 35.9 Å². The largest absolute Gasteiger partial charge is 0.495 e. The number of hydrogen-bond donors (Lipinski definition) is 1. The number of ether oxygens (including phenoxy) is 1. The second-order valence-electron chi connectivity index (χ2n) is 6.98. The van der Waals surface area contributed by atoms with Gasteiger partial charge >= 0.3 is 13.2 Å². The molecule has 1 aliphatic rings. The Labute approximate surface area is 144 Å². The van der Waals surface area contributed by atoms with E-state index >= 15 is 0 Å². The van der Waals surface area contributed by atoms with Crippen LogP contribution in [0.1, 0.15) is 27.7 Å². The molecule has 0 atom stereocenters. The minimum atomic E-state index is -1.02. The first-order valence-electron chi connectivity index (χ1n) is 7.76. The molecule has 8 heteroatoms. The minimum Gasteiger partial charge on any atom is -0.411 e. The molecule has 1 fully saturated rings. The first kappa shape index (κ1) is 17.6. The third-order valence-corrected chi connectivity index (χ3v) is 4.74. The van der Waals surface area contributed by atoms with Crippen LogP contribution in [0.2, 0.25) is 0 Å². The zero-order valence-electron chi connectivity index (χ0n) is 14.4. The van der Waals surface area contributed by atoms with Gasteiger partial charge in [0.1, 0.15) is 5.75 Å². The molecule has 2 aromatic carbocycles. The van der Waals surface area contributed by atoms with Crippen molar-refractivity contribution >= 4 is 29.4 Å². The Bertz CT molecular complexity index is 853. The molecule has 5 nitrogen and oxygen atoms in total. The maximum Gasteiger partial charge on any atom is 0.495 e. The molecule has 25 heavy (non-hydrogen) atoms. The van der Waals surface area contributed by atoms with Crippen LogP contribution >= 0.6 is 0 Å². The summed E-state index contributed by atoms with van der Waals surface area (Å²) in [5, 5.41) is 0.345. The van der Waals surface area contributed by atoms with Gasteiger partial charge in [-0.05, 0) is 56.7 Å². The molecule has 0 radical (unpaired) electrons. The van der Waals surface area contributed by atoms with Gasteiger partial charge in [-0.2, -0.15) is 0 Å². The number of fused-ring (bicyclic) bond motifs is 1. The summed E-state index contributed by atoms with van der Waals surface area (Å²) in [6, 6.07) is 5.16. The van der Waals surface area contributed by atoms with Gasteiger partial charge in [-0.25, -0.2) is 13.6 Å². The van der Waals surface area contributed by atoms with Gasteiger partial charge in [-0.1, -0.05) is 6.07 Å². The van der Waals surface area contributed by atoms with Crippen molar-refractivity contribution in [2.75, 3.05) is 0 Å². The summed E-state index contributed by atoms with van der Waals surface area (Å²) < 4.78 is 45.0. The molecule has 3 rings (SSSR count). The lowest BCUT2D eigenvalue weighted by atomic mass is 9.75. The Hall–Kier alpha value is -2.19. The molecule has 0 unspecified atom stereocenters. The topological polar surface area (TPSA) is 70.8 Å². The second-order valence-corrected chi connectivity index (χ2v) is 6.98. The zero-order chi connectivity index (χ0) is 18.6. The van der Waals surface area contributed by atoms with Gasteiger partial charge in [0.25, 0.3) is 0 Å². The van der Waals surface area contributed by atoms with E-state index in [1.807, 2.05) is 27.7 Å². The molecule has 132 valence electrons. The summed E-state index contributed by atoms with van der Waals surface area (Å²) in [5.74, 6) is -1.92. The fourth-order valence-electron chi connectivity index (χ4n) is 2.73. The smallest absolute Gasteiger partial charge is 0.411 e. The lowest BCUT2D eigenvalue weighted by molar-refractivity contribution is 0.00578. The van der Waals surface area contributed by atoms with Gasteiger partial charge in [0.05, 0.1) is 11.2 Å². The molecule has 0 aromatic heterocycles. The quantitative estimate of drug-likeness (QED) is 0.847. The third-order valence-electron chi connectivity index (χ3n) is 4.74. The van der Waals surface area contributed by atoms with Crippen LogP contribution in [0.3, 0.4) is 0 Å². The van der Waals surface area contributed by atoms with Crippen LogP contribution in [-0.4, -0.2) is 24.4 Å². The van der Waals surface area contributed by atoms with E-state index in [4.69, 9.17) is 19.8 Å². The van der Waals surface area contributed by atoms with Gasteiger partial charge in [-0.15, -0.1) is 0 Å².